The molecule has 0 radical (unpaired) electrons. The van der Waals surface area contributed by atoms with Gasteiger partial charge in [-0.3, -0.25) is 14.6 Å². The molecule has 0 bridgehead atoms. The number of likely N-dealkylation sites (tertiary alicyclic amines) is 1. The summed E-state index contributed by atoms with van der Waals surface area (Å²) < 4.78 is 26.5. The summed E-state index contributed by atoms with van der Waals surface area (Å²) in [5.41, 5.74) is 0.338. The molecule has 2 amide bonds. The van der Waals surface area contributed by atoms with E-state index in [1.165, 1.54) is 24.5 Å². The molecule has 1 aliphatic rings. The van der Waals surface area contributed by atoms with Gasteiger partial charge in [0.2, 0.25) is 5.91 Å². The summed E-state index contributed by atoms with van der Waals surface area (Å²) in [5.74, 6) is -3.95. The van der Waals surface area contributed by atoms with E-state index in [4.69, 9.17) is 5.26 Å². The smallest absolute Gasteiger partial charge is 0.252 e. The molecule has 1 unspecified atom stereocenters. The lowest BCUT2D eigenvalue weighted by Crippen LogP contribution is -2.51. The number of aromatic nitrogens is 1. The van der Waals surface area contributed by atoms with Crippen LogP contribution in [0.5, 0.6) is 0 Å². The van der Waals surface area contributed by atoms with Crippen molar-refractivity contribution in [3.8, 4) is 6.07 Å². The molecule has 8 heteroatoms. The monoisotopic (exact) mass is 308 g/mol. The Morgan fingerprint density at radius 1 is 1.45 bits per heavy atom. The van der Waals surface area contributed by atoms with Crippen molar-refractivity contribution in [2.45, 2.75) is 24.8 Å². The minimum Gasteiger partial charge on any atom is -0.343 e. The third-order valence-corrected chi connectivity index (χ3v) is 3.40. The standard InChI is InChI=1S/C14H14F2N4O2/c15-14(16)3-6-20(11(7-14)8-17)12(21)9-19-13(22)10-1-4-18-5-2-10/h1-2,4-5,11H,3,6-7,9H2,(H,19,22). The first kappa shape index (κ1) is 15.8. The van der Waals surface area contributed by atoms with Gasteiger partial charge in [0.25, 0.3) is 11.8 Å². The molecule has 0 aliphatic carbocycles. The van der Waals surface area contributed by atoms with Crippen molar-refractivity contribution in [3.05, 3.63) is 30.1 Å². The Kier molecular flexibility index (Phi) is 4.65. The SMILES string of the molecule is N#CC1CC(F)(F)CCN1C(=O)CNC(=O)c1ccncc1. The molecule has 0 spiro atoms. The predicted octanol–water partition coefficient (Wildman–Crippen LogP) is 0.961. The minimum atomic E-state index is -2.93. The zero-order valence-corrected chi connectivity index (χ0v) is 11.6. The van der Waals surface area contributed by atoms with Gasteiger partial charge in [0.05, 0.1) is 12.6 Å². The third kappa shape index (κ3) is 3.75. The van der Waals surface area contributed by atoms with Gasteiger partial charge in [0.15, 0.2) is 0 Å². The molecule has 1 fully saturated rings. The largest absolute Gasteiger partial charge is 0.343 e. The number of nitriles is 1. The quantitative estimate of drug-likeness (QED) is 0.901. The number of amides is 2. The summed E-state index contributed by atoms with van der Waals surface area (Å²) in [7, 11) is 0. The fourth-order valence-corrected chi connectivity index (χ4v) is 2.21. The Morgan fingerprint density at radius 3 is 2.77 bits per heavy atom. The predicted molar refractivity (Wildman–Crippen MR) is 71.9 cm³/mol. The highest BCUT2D eigenvalue weighted by Crippen LogP contribution is 2.31. The van der Waals surface area contributed by atoms with Crippen molar-refractivity contribution >= 4 is 11.8 Å². The summed E-state index contributed by atoms with van der Waals surface area (Å²) in [6.45, 7) is -0.542. The van der Waals surface area contributed by atoms with Crippen molar-refractivity contribution in [2.24, 2.45) is 0 Å². The second-order valence-electron chi connectivity index (χ2n) is 4.96. The van der Waals surface area contributed by atoms with Crippen molar-refractivity contribution < 1.29 is 18.4 Å². The minimum absolute atomic E-state index is 0.199. The van der Waals surface area contributed by atoms with Gasteiger partial charge in [0, 0.05) is 37.3 Å². The van der Waals surface area contributed by atoms with Gasteiger partial charge in [-0.15, -0.1) is 0 Å². The highest BCUT2D eigenvalue weighted by Gasteiger charge is 2.42. The summed E-state index contributed by atoms with van der Waals surface area (Å²) in [6.07, 6.45) is 1.73. The number of piperidine rings is 1. The zero-order valence-electron chi connectivity index (χ0n) is 11.6. The number of nitrogens with one attached hydrogen (secondary N) is 1. The summed E-state index contributed by atoms with van der Waals surface area (Å²) in [6, 6.07) is 3.51. The highest BCUT2D eigenvalue weighted by atomic mass is 19.3. The lowest BCUT2D eigenvalue weighted by molar-refractivity contribution is -0.139. The number of pyridine rings is 1. The lowest BCUT2D eigenvalue weighted by Gasteiger charge is -2.35. The molecule has 1 saturated heterocycles. The number of carbonyl (C=O) groups excluding carboxylic acids is 2. The summed E-state index contributed by atoms with van der Waals surface area (Å²) >= 11 is 0. The Labute approximate surface area is 125 Å². The van der Waals surface area contributed by atoms with Crippen LogP contribution in [-0.4, -0.2) is 46.8 Å². The Morgan fingerprint density at radius 2 is 2.14 bits per heavy atom. The first-order valence-electron chi connectivity index (χ1n) is 6.68. The van der Waals surface area contributed by atoms with Gasteiger partial charge in [-0.25, -0.2) is 8.78 Å². The van der Waals surface area contributed by atoms with E-state index in [1.807, 2.05) is 0 Å². The van der Waals surface area contributed by atoms with Crippen LogP contribution in [0.4, 0.5) is 8.78 Å². The molecule has 0 saturated carbocycles. The zero-order chi connectivity index (χ0) is 16.2. The van der Waals surface area contributed by atoms with Crippen LogP contribution in [0.25, 0.3) is 0 Å². The molecule has 1 aromatic heterocycles. The Balaban J connectivity index is 1.92. The van der Waals surface area contributed by atoms with Crippen LogP contribution in [0, 0.1) is 11.3 Å². The van der Waals surface area contributed by atoms with Crippen LogP contribution in [-0.2, 0) is 4.79 Å². The van der Waals surface area contributed by atoms with Crippen molar-refractivity contribution in [2.75, 3.05) is 13.1 Å². The van der Waals surface area contributed by atoms with Gasteiger partial charge in [-0.05, 0) is 12.1 Å². The maximum Gasteiger partial charge on any atom is 0.252 e. The van der Waals surface area contributed by atoms with E-state index in [1.54, 1.807) is 6.07 Å². The molecular formula is C14H14F2N4O2. The average Bonchev–Trinajstić information content (AvgIpc) is 2.52. The number of carbonyl (C=O) groups is 2. The molecular weight excluding hydrogens is 294 g/mol. The van der Waals surface area contributed by atoms with E-state index in [0.29, 0.717) is 5.56 Å². The maximum atomic E-state index is 13.2. The summed E-state index contributed by atoms with van der Waals surface area (Å²) in [4.78, 5) is 28.7. The van der Waals surface area contributed by atoms with Crippen LogP contribution >= 0.6 is 0 Å². The van der Waals surface area contributed by atoms with Crippen molar-refractivity contribution in [1.29, 1.82) is 5.26 Å². The number of hydrogen-bond acceptors (Lipinski definition) is 4. The normalized spacial score (nSPS) is 20.0. The first-order chi connectivity index (χ1) is 10.4. The number of alkyl halides is 2. The first-order valence-corrected chi connectivity index (χ1v) is 6.68. The molecule has 2 heterocycles. The van der Waals surface area contributed by atoms with E-state index in [2.05, 4.69) is 10.3 Å². The lowest BCUT2D eigenvalue weighted by atomic mass is 9.99. The van der Waals surface area contributed by atoms with Gasteiger partial charge >= 0.3 is 0 Å². The van der Waals surface area contributed by atoms with Crippen molar-refractivity contribution in [1.82, 2.24) is 15.2 Å². The molecule has 1 atom stereocenters. The molecule has 22 heavy (non-hydrogen) atoms. The fraction of sp³-hybridized carbons (Fsp3) is 0.429. The molecule has 1 aromatic rings. The Bertz CT molecular complexity index is 601. The van der Waals surface area contributed by atoms with Crippen LogP contribution in [0.1, 0.15) is 23.2 Å². The third-order valence-electron chi connectivity index (χ3n) is 3.40. The number of hydrogen-bond donors (Lipinski definition) is 1. The molecule has 1 N–H and O–H groups in total. The van der Waals surface area contributed by atoms with Crippen LogP contribution in [0.2, 0.25) is 0 Å². The molecule has 2 rings (SSSR count). The van der Waals surface area contributed by atoms with Crippen LogP contribution in [0.15, 0.2) is 24.5 Å². The molecule has 116 valence electrons. The summed E-state index contributed by atoms with van der Waals surface area (Å²) in [5, 5.41) is 11.3. The van der Waals surface area contributed by atoms with E-state index in [-0.39, 0.29) is 13.1 Å². The second kappa shape index (κ2) is 6.47. The van der Waals surface area contributed by atoms with Gasteiger partial charge in [-0.1, -0.05) is 0 Å². The number of halogens is 2. The number of rotatable bonds is 3. The topological polar surface area (TPSA) is 86.1 Å². The van der Waals surface area contributed by atoms with Gasteiger partial charge < -0.3 is 10.2 Å². The van der Waals surface area contributed by atoms with Gasteiger partial charge in [0.1, 0.15) is 6.04 Å². The molecule has 6 nitrogen and oxygen atoms in total. The van der Waals surface area contributed by atoms with E-state index in [0.717, 1.165) is 4.90 Å². The Hall–Kier alpha value is -2.56. The van der Waals surface area contributed by atoms with Crippen molar-refractivity contribution in [3.63, 3.8) is 0 Å². The van der Waals surface area contributed by atoms with Crippen LogP contribution < -0.4 is 5.32 Å². The second-order valence-corrected chi connectivity index (χ2v) is 4.96. The molecule has 0 aromatic carbocycles. The van der Waals surface area contributed by atoms with E-state index < -0.39 is 36.6 Å². The molecule has 1 aliphatic heterocycles. The highest BCUT2D eigenvalue weighted by molar-refractivity contribution is 5.96. The number of nitrogens with zero attached hydrogens (tertiary/aromatic N) is 3. The van der Waals surface area contributed by atoms with E-state index >= 15 is 0 Å². The van der Waals surface area contributed by atoms with E-state index in [9.17, 15) is 18.4 Å². The average molecular weight is 308 g/mol. The van der Waals surface area contributed by atoms with Crippen LogP contribution in [0.3, 0.4) is 0 Å². The maximum absolute atomic E-state index is 13.2. The fourth-order valence-electron chi connectivity index (χ4n) is 2.21. The van der Waals surface area contributed by atoms with Gasteiger partial charge in [-0.2, -0.15) is 5.26 Å².